The summed E-state index contributed by atoms with van der Waals surface area (Å²) in [5.74, 6) is -8.00. The van der Waals surface area contributed by atoms with Crippen LogP contribution in [0.1, 0.15) is 88.6 Å². The number of nitrogens with zero attached hydrogens (tertiary/aromatic N) is 2. The molecule has 3 rings (SSSR count). The van der Waals surface area contributed by atoms with Crippen LogP contribution in [0, 0.1) is 11.8 Å². The number of rotatable bonds is 28. The van der Waals surface area contributed by atoms with Gasteiger partial charge in [-0.1, -0.05) is 83.0 Å². The number of primary amides is 1. The van der Waals surface area contributed by atoms with Gasteiger partial charge < -0.3 is 65.7 Å². The van der Waals surface area contributed by atoms with Crippen LogP contribution >= 0.6 is 0 Å². The smallest absolute Gasteiger partial charge is 0.305 e. The summed E-state index contributed by atoms with van der Waals surface area (Å²) in [5.41, 5.74) is 28.9. The molecule has 22 heteroatoms. The number of anilines is 1. The number of guanidine groups is 2. The Hall–Kier alpha value is -7.78. The molecule has 0 spiro atoms. The van der Waals surface area contributed by atoms with Gasteiger partial charge in [0, 0.05) is 24.3 Å². The van der Waals surface area contributed by atoms with Gasteiger partial charge in [-0.3, -0.25) is 48.3 Å². The highest BCUT2D eigenvalue weighted by Crippen LogP contribution is 2.18. The number of nitrogens with one attached hydrogen (secondary N) is 6. The van der Waals surface area contributed by atoms with Crippen LogP contribution in [0.15, 0.2) is 76.7 Å². The Kier molecular flexibility index (Phi) is 22.3. The number of aliphatic imine (C=N–C) groups is 2. The Morgan fingerprint density at radius 1 is 0.594 bits per heavy atom. The van der Waals surface area contributed by atoms with Crippen molar-refractivity contribution in [1.29, 1.82) is 0 Å². The number of fused-ring (bicyclic) bond motifs is 1. The molecule has 3 aromatic rings. The van der Waals surface area contributed by atoms with Gasteiger partial charge in [-0.15, -0.1) is 0 Å². The monoisotopic (exact) mass is 958 g/mol. The Morgan fingerprint density at radius 3 is 1.64 bits per heavy atom. The van der Waals surface area contributed by atoms with Crippen molar-refractivity contribution in [2.24, 2.45) is 50.5 Å². The molecule has 22 nitrogen and oxygen atoms in total. The van der Waals surface area contributed by atoms with Crippen molar-refractivity contribution in [2.75, 3.05) is 18.4 Å². The molecule has 3 aromatic carbocycles. The SMILES string of the molecule is CC[C@H](C)[C@H](NC(=O)[C@@H](CCCN=C(N)N)NC(=O)[C@H](CC(=O)O)NC(=O)[C@@H](NC(=O)C(CCCN=C(N)N)NC(=O)Cc1ccc(NC(=O)c2ccc3ccccc3c2)cc1)[C@@H](C)CC)C(N)=O. The van der Waals surface area contributed by atoms with Crippen molar-refractivity contribution >= 4 is 75.7 Å². The Morgan fingerprint density at radius 2 is 1.10 bits per heavy atom. The summed E-state index contributed by atoms with van der Waals surface area (Å²) in [4.78, 5) is 114. The second-order valence-corrected chi connectivity index (χ2v) is 16.8. The zero-order valence-corrected chi connectivity index (χ0v) is 39.5. The van der Waals surface area contributed by atoms with Crippen LogP contribution in [0.2, 0.25) is 0 Å². The topological polar surface area (TPSA) is 384 Å². The van der Waals surface area contributed by atoms with Crippen LogP contribution in [0.25, 0.3) is 10.8 Å². The predicted octanol–water partition coefficient (Wildman–Crippen LogP) is 0.218. The fourth-order valence-electron chi connectivity index (χ4n) is 7.07. The van der Waals surface area contributed by atoms with Gasteiger partial charge in [-0.2, -0.15) is 0 Å². The fourth-order valence-corrected chi connectivity index (χ4v) is 7.07. The quantitative estimate of drug-likeness (QED) is 0.0264. The molecule has 0 bridgehead atoms. The standard InChI is InChI=1S/C47H67N13O9/c1-5-26(3)38(40(48)64)59-43(67)34(14-10-22-54-47(51)52)57-44(68)35(25-37(62)63)58-45(69)39(27(4)6-2)60-42(66)33(13-9-21-53-46(49)50)56-36(61)23-28-15-19-32(20-16-28)55-41(65)31-18-17-29-11-7-8-12-30(29)24-31/h7-8,11-12,15-20,24,26-27,33-35,38-39H,5-6,9-10,13-14,21-23,25H2,1-4H3,(H2,48,64)(H,55,65)(H,56,61)(H,57,68)(H,58,69)(H,59,67)(H,60,66)(H,62,63)(H4,49,50,53)(H4,51,52,54)/t26-,27-,33?,34+,35-,38-,39-/m0/s1. The van der Waals surface area contributed by atoms with Gasteiger partial charge in [0.05, 0.1) is 12.8 Å². The molecule has 374 valence electrons. The number of benzene rings is 3. The van der Waals surface area contributed by atoms with Crippen molar-refractivity contribution in [2.45, 2.75) is 109 Å². The van der Waals surface area contributed by atoms with Crippen LogP contribution < -0.4 is 60.6 Å². The summed E-state index contributed by atoms with van der Waals surface area (Å²) in [7, 11) is 0. The molecule has 0 aromatic heterocycles. The zero-order valence-electron chi connectivity index (χ0n) is 39.5. The maximum absolute atomic E-state index is 14.0. The Balaban J connectivity index is 1.78. The molecule has 0 aliphatic rings. The summed E-state index contributed by atoms with van der Waals surface area (Å²) in [6.45, 7) is 7.08. The average molecular weight is 958 g/mol. The normalized spacial score (nSPS) is 13.9. The van der Waals surface area contributed by atoms with Crippen LogP contribution in [-0.2, 0) is 40.0 Å². The number of hydrogen-bond donors (Lipinski definition) is 12. The van der Waals surface area contributed by atoms with E-state index >= 15 is 0 Å². The molecule has 0 aliphatic carbocycles. The van der Waals surface area contributed by atoms with E-state index in [1.807, 2.05) is 30.3 Å². The highest BCUT2D eigenvalue weighted by Gasteiger charge is 2.35. The van der Waals surface area contributed by atoms with Crippen molar-refractivity contribution in [3.05, 3.63) is 77.9 Å². The minimum Gasteiger partial charge on any atom is -0.481 e. The second-order valence-electron chi connectivity index (χ2n) is 16.8. The van der Waals surface area contributed by atoms with Gasteiger partial charge in [0.25, 0.3) is 5.91 Å². The number of hydrogen-bond acceptors (Lipinski definition) is 10. The van der Waals surface area contributed by atoms with E-state index in [4.69, 9.17) is 28.7 Å². The highest BCUT2D eigenvalue weighted by molar-refractivity contribution is 6.06. The van der Waals surface area contributed by atoms with Gasteiger partial charge in [-0.05, 0) is 78.1 Å². The molecular weight excluding hydrogens is 891 g/mol. The Labute approximate surface area is 400 Å². The molecule has 0 heterocycles. The summed E-state index contributed by atoms with van der Waals surface area (Å²) in [6, 6.07) is 12.9. The van der Waals surface area contributed by atoms with E-state index in [0.717, 1.165) is 10.8 Å². The average Bonchev–Trinajstić information content (AvgIpc) is 3.30. The number of carbonyl (C=O) groups excluding carboxylic acids is 7. The van der Waals surface area contributed by atoms with Gasteiger partial charge >= 0.3 is 5.97 Å². The molecule has 69 heavy (non-hydrogen) atoms. The minimum atomic E-state index is -1.75. The van der Waals surface area contributed by atoms with E-state index < -0.39 is 84.0 Å². The molecular formula is C47H67N13O9. The largest absolute Gasteiger partial charge is 0.481 e. The molecule has 0 aliphatic heterocycles. The lowest BCUT2D eigenvalue weighted by Crippen LogP contribution is -2.60. The number of amides is 7. The molecule has 0 fully saturated rings. The number of carbonyl (C=O) groups is 8. The molecule has 0 saturated heterocycles. The first-order valence-electron chi connectivity index (χ1n) is 22.7. The summed E-state index contributed by atoms with van der Waals surface area (Å²) < 4.78 is 0. The van der Waals surface area contributed by atoms with Gasteiger partial charge in [0.2, 0.25) is 35.4 Å². The van der Waals surface area contributed by atoms with E-state index in [0.29, 0.717) is 29.7 Å². The molecule has 1 unspecified atom stereocenters. The number of nitrogens with two attached hydrogens (primary N) is 5. The fraction of sp³-hybridized carbons (Fsp3) is 0.447. The first-order chi connectivity index (χ1) is 32.7. The molecule has 17 N–H and O–H groups in total. The summed E-state index contributed by atoms with van der Waals surface area (Å²) in [5, 5.41) is 27.4. The van der Waals surface area contributed by atoms with E-state index in [9.17, 15) is 43.5 Å². The summed E-state index contributed by atoms with van der Waals surface area (Å²) in [6.07, 6.45) is 0.115. The van der Waals surface area contributed by atoms with Gasteiger partial charge in [-0.25, -0.2) is 0 Å². The van der Waals surface area contributed by atoms with Gasteiger partial charge in [0.1, 0.15) is 30.2 Å². The van der Waals surface area contributed by atoms with Crippen LogP contribution in [-0.4, -0.2) is 108 Å². The predicted molar refractivity (Wildman–Crippen MR) is 262 cm³/mol. The summed E-state index contributed by atoms with van der Waals surface area (Å²) >= 11 is 0. The first-order valence-corrected chi connectivity index (χ1v) is 22.7. The molecule has 0 saturated carbocycles. The van der Waals surface area contributed by atoms with E-state index in [1.165, 1.54) is 0 Å². The third-order valence-electron chi connectivity index (χ3n) is 11.4. The van der Waals surface area contributed by atoms with Crippen LogP contribution in [0.4, 0.5) is 5.69 Å². The maximum Gasteiger partial charge on any atom is 0.305 e. The van der Waals surface area contributed by atoms with Crippen molar-refractivity contribution < 1.29 is 43.5 Å². The first kappa shape index (κ1) is 55.5. The molecule has 0 radical (unpaired) electrons. The van der Waals surface area contributed by atoms with Crippen molar-refractivity contribution in [1.82, 2.24) is 26.6 Å². The lowest BCUT2D eigenvalue weighted by Gasteiger charge is -2.29. The second kappa shape index (κ2) is 27.8. The zero-order chi connectivity index (χ0) is 51.2. The lowest BCUT2D eigenvalue weighted by molar-refractivity contribution is -0.141. The van der Waals surface area contributed by atoms with E-state index in [1.54, 1.807) is 64.1 Å². The third kappa shape index (κ3) is 18.8. The number of carboxylic acids is 1. The van der Waals surface area contributed by atoms with Crippen molar-refractivity contribution in [3.63, 3.8) is 0 Å². The number of aliphatic carboxylic acids is 1. The van der Waals surface area contributed by atoms with Crippen LogP contribution in [0.3, 0.4) is 0 Å². The Bertz CT molecular complexity index is 2330. The number of carboxylic acid groups (broad SMARTS) is 1. The van der Waals surface area contributed by atoms with E-state index in [2.05, 4.69) is 41.9 Å². The van der Waals surface area contributed by atoms with Crippen molar-refractivity contribution in [3.8, 4) is 0 Å². The van der Waals surface area contributed by atoms with Crippen LogP contribution in [0.5, 0.6) is 0 Å². The van der Waals surface area contributed by atoms with E-state index in [-0.39, 0.29) is 68.9 Å². The highest BCUT2D eigenvalue weighted by atomic mass is 16.4. The third-order valence-corrected chi connectivity index (χ3v) is 11.4. The molecule has 7 atom stereocenters. The molecule has 7 amide bonds. The minimum absolute atomic E-state index is 0.0350. The lowest BCUT2D eigenvalue weighted by atomic mass is 9.96. The van der Waals surface area contributed by atoms with Gasteiger partial charge in [0.15, 0.2) is 11.9 Å². The maximum atomic E-state index is 14.0.